The fraction of sp³-hybridized carbons (Fsp3) is 0.188. The Morgan fingerprint density at radius 3 is 2.88 bits per heavy atom. The normalized spacial score (nSPS) is 11.3. The van der Waals surface area contributed by atoms with Gasteiger partial charge in [-0.05, 0) is 40.2 Å². The molecule has 3 N–H and O–H groups in total. The number of guanidine groups is 1. The van der Waals surface area contributed by atoms with Crippen molar-refractivity contribution in [2.24, 2.45) is 10.7 Å². The molecular formula is C16H18BrIN6. The lowest BCUT2D eigenvalue weighted by molar-refractivity contribution is 0.826. The van der Waals surface area contributed by atoms with Gasteiger partial charge in [-0.25, -0.2) is 9.98 Å². The molecule has 0 aliphatic carbocycles. The van der Waals surface area contributed by atoms with Crippen LogP contribution in [0.4, 0.5) is 0 Å². The molecular weight excluding hydrogens is 483 g/mol. The molecule has 3 rings (SSSR count). The van der Waals surface area contributed by atoms with Crippen LogP contribution in [-0.4, -0.2) is 26.9 Å². The summed E-state index contributed by atoms with van der Waals surface area (Å²) in [5.74, 6) is 0.416. The van der Waals surface area contributed by atoms with Gasteiger partial charge in [-0.15, -0.1) is 24.0 Å². The van der Waals surface area contributed by atoms with Crippen molar-refractivity contribution in [3.05, 3.63) is 64.8 Å². The van der Waals surface area contributed by atoms with E-state index in [1.807, 2.05) is 47.1 Å². The second-order valence-electron chi connectivity index (χ2n) is 5.04. The number of nitrogens with zero attached hydrogens (tertiary/aromatic N) is 4. The zero-order valence-electron chi connectivity index (χ0n) is 12.9. The lowest BCUT2D eigenvalue weighted by Crippen LogP contribution is -2.33. The maximum atomic E-state index is 5.88. The Morgan fingerprint density at radius 2 is 2.08 bits per heavy atom. The molecule has 6 nitrogen and oxygen atoms in total. The number of nitrogens with one attached hydrogen (secondary N) is 1. The number of halogens is 2. The summed E-state index contributed by atoms with van der Waals surface area (Å²) in [6, 6.07) is 9.78. The summed E-state index contributed by atoms with van der Waals surface area (Å²) >= 11 is 3.44. The van der Waals surface area contributed by atoms with Gasteiger partial charge in [-0.2, -0.15) is 0 Å². The monoisotopic (exact) mass is 500 g/mol. The molecule has 0 radical (unpaired) electrons. The van der Waals surface area contributed by atoms with Crippen LogP contribution in [-0.2, 0) is 13.0 Å². The van der Waals surface area contributed by atoms with Crippen LogP contribution in [0.15, 0.2) is 58.4 Å². The summed E-state index contributed by atoms with van der Waals surface area (Å²) in [6.07, 6.45) is 6.50. The molecule has 0 aliphatic rings. The molecule has 3 aromatic heterocycles. The number of nitrogens with two attached hydrogens (primary N) is 1. The highest BCUT2D eigenvalue weighted by Crippen LogP contribution is 2.12. The summed E-state index contributed by atoms with van der Waals surface area (Å²) in [6.45, 7) is 1.15. The lowest BCUT2D eigenvalue weighted by Gasteiger charge is -2.04. The van der Waals surface area contributed by atoms with E-state index in [4.69, 9.17) is 5.73 Å². The Balaban J connectivity index is 0.00000208. The van der Waals surface area contributed by atoms with E-state index in [1.54, 1.807) is 6.20 Å². The fourth-order valence-electron chi connectivity index (χ4n) is 2.18. The van der Waals surface area contributed by atoms with Gasteiger partial charge in [0.1, 0.15) is 5.65 Å². The van der Waals surface area contributed by atoms with Crippen molar-refractivity contribution in [3.63, 3.8) is 0 Å². The number of imidazole rings is 1. The van der Waals surface area contributed by atoms with Gasteiger partial charge in [0.2, 0.25) is 0 Å². The van der Waals surface area contributed by atoms with Crippen molar-refractivity contribution in [1.82, 2.24) is 19.7 Å². The molecule has 0 fully saturated rings. The maximum absolute atomic E-state index is 5.88. The van der Waals surface area contributed by atoms with Gasteiger partial charge in [-0.3, -0.25) is 4.98 Å². The molecule has 0 unspecified atom stereocenters. The molecule has 0 saturated carbocycles. The first-order valence-corrected chi connectivity index (χ1v) is 8.07. The minimum absolute atomic E-state index is 0. The lowest BCUT2D eigenvalue weighted by atomic mass is 10.3. The summed E-state index contributed by atoms with van der Waals surface area (Å²) in [5, 5.41) is 3.09. The van der Waals surface area contributed by atoms with Crippen LogP contribution in [0, 0.1) is 0 Å². The summed E-state index contributed by atoms with van der Waals surface area (Å²) in [4.78, 5) is 13.1. The fourth-order valence-corrected chi connectivity index (χ4v) is 2.53. The van der Waals surface area contributed by atoms with Crippen LogP contribution in [0.2, 0.25) is 0 Å². The highest BCUT2D eigenvalue weighted by Gasteiger charge is 2.02. The summed E-state index contributed by atoms with van der Waals surface area (Å²) in [5.41, 5.74) is 8.67. The quantitative estimate of drug-likeness (QED) is 0.320. The first-order valence-electron chi connectivity index (χ1n) is 7.27. The van der Waals surface area contributed by atoms with Gasteiger partial charge in [0.05, 0.1) is 12.2 Å². The van der Waals surface area contributed by atoms with E-state index in [0.717, 1.165) is 27.9 Å². The molecule has 24 heavy (non-hydrogen) atoms. The van der Waals surface area contributed by atoms with Gasteiger partial charge < -0.3 is 15.5 Å². The van der Waals surface area contributed by atoms with E-state index in [-0.39, 0.29) is 24.0 Å². The van der Waals surface area contributed by atoms with Crippen LogP contribution < -0.4 is 11.1 Å². The molecule has 3 heterocycles. The van der Waals surface area contributed by atoms with Crippen molar-refractivity contribution in [1.29, 1.82) is 0 Å². The van der Waals surface area contributed by atoms with Crippen LogP contribution in [0.1, 0.15) is 11.4 Å². The van der Waals surface area contributed by atoms with E-state index in [2.05, 4.69) is 36.2 Å². The Bertz CT molecular complexity index is 818. The average Bonchev–Trinajstić information content (AvgIpc) is 2.96. The minimum atomic E-state index is 0. The molecule has 0 amide bonds. The number of hydrogen-bond acceptors (Lipinski definition) is 3. The third-order valence-corrected chi connectivity index (χ3v) is 3.76. The van der Waals surface area contributed by atoms with Crippen molar-refractivity contribution < 1.29 is 0 Å². The van der Waals surface area contributed by atoms with Gasteiger partial charge >= 0.3 is 0 Å². The smallest absolute Gasteiger partial charge is 0.188 e. The average molecular weight is 501 g/mol. The van der Waals surface area contributed by atoms with Crippen molar-refractivity contribution >= 4 is 51.5 Å². The maximum Gasteiger partial charge on any atom is 0.188 e. The third-order valence-electron chi connectivity index (χ3n) is 3.29. The number of fused-ring (bicyclic) bond motifs is 1. The Kier molecular flexibility index (Phi) is 6.98. The molecule has 8 heteroatoms. The number of hydrogen-bond donors (Lipinski definition) is 2. The highest BCUT2D eigenvalue weighted by atomic mass is 127. The van der Waals surface area contributed by atoms with Crippen molar-refractivity contribution in [2.45, 2.75) is 13.0 Å². The number of pyridine rings is 2. The zero-order chi connectivity index (χ0) is 16.1. The zero-order valence-corrected chi connectivity index (χ0v) is 16.8. The predicted molar refractivity (Wildman–Crippen MR) is 110 cm³/mol. The molecule has 0 aromatic carbocycles. The molecule has 0 aliphatic heterocycles. The SMILES string of the molecule is I.NC(=NCc1cn2cc(Br)ccc2n1)NCCc1ccccn1. The number of aliphatic imine (C=N–C) groups is 1. The Morgan fingerprint density at radius 1 is 1.21 bits per heavy atom. The predicted octanol–water partition coefficient (Wildman–Crippen LogP) is 2.76. The topological polar surface area (TPSA) is 80.6 Å². The van der Waals surface area contributed by atoms with Crippen LogP contribution >= 0.6 is 39.9 Å². The largest absolute Gasteiger partial charge is 0.370 e. The number of rotatable bonds is 5. The van der Waals surface area contributed by atoms with E-state index >= 15 is 0 Å². The van der Waals surface area contributed by atoms with Crippen LogP contribution in [0.5, 0.6) is 0 Å². The first-order chi connectivity index (χ1) is 11.2. The molecule has 0 bridgehead atoms. The van der Waals surface area contributed by atoms with E-state index < -0.39 is 0 Å². The third kappa shape index (κ3) is 5.17. The Hall–Kier alpha value is -1.68. The molecule has 3 aromatic rings. The van der Waals surface area contributed by atoms with Crippen LogP contribution in [0.25, 0.3) is 5.65 Å². The van der Waals surface area contributed by atoms with Gasteiger partial charge in [0, 0.05) is 41.7 Å². The molecule has 0 atom stereocenters. The van der Waals surface area contributed by atoms with Crippen molar-refractivity contribution in [3.8, 4) is 0 Å². The van der Waals surface area contributed by atoms with E-state index in [1.165, 1.54) is 0 Å². The second-order valence-corrected chi connectivity index (χ2v) is 5.96. The first kappa shape index (κ1) is 18.7. The van der Waals surface area contributed by atoms with Gasteiger partial charge in [0.15, 0.2) is 5.96 Å². The standard InChI is InChI=1S/C16H17BrN6.HI/c17-12-4-5-15-22-14(11-23(15)10-12)9-21-16(18)20-8-6-13-3-1-2-7-19-13;/h1-5,7,10-11H,6,8-9H2,(H3,18,20,21);1H. The summed E-state index contributed by atoms with van der Waals surface area (Å²) in [7, 11) is 0. The second kappa shape index (κ2) is 8.97. The molecule has 126 valence electrons. The van der Waals surface area contributed by atoms with Gasteiger partial charge in [-0.1, -0.05) is 6.07 Å². The molecule has 0 saturated heterocycles. The minimum Gasteiger partial charge on any atom is -0.370 e. The van der Waals surface area contributed by atoms with Crippen LogP contribution in [0.3, 0.4) is 0 Å². The number of aromatic nitrogens is 3. The van der Waals surface area contributed by atoms with Crippen molar-refractivity contribution in [2.75, 3.05) is 6.54 Å². The Labute approximate surface area is 165 Å². The van der Waals surface area contributed by atoms with Gasteiger partial charge in [0.25, 0.3) is 0 Å². The summed E-state index contributed by atoms with van der Waals surface area (Å²) < 4.78 is 2.97. The van der Waals surface area contributed by atoms with E-state index in [0.29, 0.717) is 19.0 Å². The highest BCUT2D eigenvalue weighted by molar-refractivity contribution is 14.0. The van der Waals surface area contributed by atoms with E-state index in [9.17, 15) is 0 Å². The molecule has 0 spiro atoms.